The zero-order valence-corrected chi connectivity index (χ0v) is 21.0. The third-order valence-electron chi connectivity index (χ3n) is 5.18. The molecule has 2 aromatic carbocycles. The van der Waals surface area contributed by atoms with Crippen molar-refractivity contribution < 1.29 is 33.3 Å². The minimum Gasteiger partial charge on any atom is -0.494 e. The normalized spacial score (nSPS) is 14.7. The third kappa shape index (κ3) is 9.12. The number of ether oxygens (including phenoxy) is 4. The second-order valence-electron chi connectivity index (χ2n) is 7.98. The maximum Gasteiger partial charge on any atom is 0.329 e. The molecule has 0 aromatic heterocycles. The molecule has 1 aliphatic heterocycles. The number of nitrogens with zero attached hydrogens (tertiary/aromatic N) is 1. The number of carbonyl (C=O) groups is 3. The van der Waals surface area contributed by atoms with Gasteiger partial charge in [0.25, 0.3) is 5.91 Å². The topological polar surface area (TPSA) is 137 Å². The van der Waals surface area contributed by atoms with Gasteiger partial charge in [0.05, 0.1) is 25.5 Å². The minimum absolute atomic E-state index is 0.0590. The van der Waals surface area contributed by atoms with E-state index >= 15 is 0 Å². The molecule has 11 heteroatoms. The van der Waals surface area contributed by atoms with Crippen molar-refractivity contribution in [3.8, 4) is 17.2 Å². The van der Waals surface area contributed by atoms with Gasteiger partial charge in [-0.05, 0) is 74.7 Å². The fraction of sp³-hybridized carbons (Fsp3) is 0.385. The van der Waals surface area contributed by atoms with Gasteiger partial charge < -0.3 is 29.6 Å². The second kappa shape index (κ2) is 14.4. The Labute approximate surface area is 215 Å². The lowest BCUT2D eigenvalue weighted by Crippen LogP contribution is -2.41. The minimum atomic E-state index is -0.877. The summed E-state index contributed by atoms with van der Waals surface area (Å²) < 4.78 is 22.1. The van der Waals surface area contributed by atoms with Crippen LogP contribution in [0.2, 0.25) is 0 Å². The van der Waals surface area contributed by atoms with Crippen LogP contribution in [0, 0.1) is 0 Å². The fourth-order valence-electron chi connectivity index (χ4n) is 3.44. The Bertz CT molecular complexity index is 1080. The molecular weight excluding hydrogens is 480 g/mol. The molecule has 3 rings (SSSR count). The molecule has 198 valence electrons. The predicted molar refractivity (Wildman–Crippen MR) is 137 cm³/mol. The predicted octanol–water partition coefficient (Wildman–Crippen LogP) is 2.25. The third-order valence-corrected chi connectivity index (χ3v) is 5.18. The Morgan fingerprint density at radius 3 is 2.49 bits per heavy atom. The molecule has 3 amide bonds. The van der Waals surface area contributed by atoms with E-state index in [0.717, 1.165) is 18.6 Å². The molecule has 2 aromatic rings. The van der Waals surface area contributed by atoms with Crippen LogP contribution in [0.25, 0.3) is 0 Å². The van der Waals surface area contributed by atoms with Gasteiger partial charge in [-0.3, -0.25) is 14.4 Å². The van der Waals surface area contributed by atoms with E-state index in [4.69, 9.17) is 18.9 Å². The summed E-state index contributed by atoms with van der Waals surface area (Å²) in [4.78, 5) is 36.1. The van der Waals surface area contributed by atoms with Crippen LogP contribution in [-0.4, -0.2) is 63.0 Å². The highest BCUT2D eigenvalue weighted by Crippen LogP contribution is 2.28. The lowest BCUT2D eigenvalue weighted by atomic mass is 10.2. The molecule has 1 atom stereocenters. The first-order valence-electron chi connectivity index (χ1n) is 12.1. The zero-order chi connectivity index (χ0) is 26.5. The van der Waals surface area contributed by atoms with Crippen LogP contribution in [-0.2, 0) is 19.1 Å². The first-order chi connectivity index (χ1) is 18.0. The average molecular weight is 513 g/mol. The lowest BCUT2D eigenvalue weighted by Gasteiger charge is -2.13. The average Bonchev–Trinajstić information content (AvgIpc) is 3.42. The highest BCUT2D eigenvalue weighted by atomic mass is 16.5. The highest BCUT2D eigenvalue weighted by Gasteiger charge is 2.19. The molecule has 11 nitrogen and oxygen atoms in total. The summed E-state index contributed by atoms with van der Waals surface area (Å²) in [6.45, 7) is 5.38. The molecule has 0 saturated carbocycles. The molecule has 0 unspecified atom stereocenters. The number of rotatable bonds is 12. The van der Waals surface area contributed by atoms with Crippen molar-refractivity contribution in [3.05, 3.63) is 48.0 Å². The van der Waals surface area contributed by atoms with E-state index in [1.54, 1.807) is 42.5 Å². The number of nitrogens with one attached hydrogen (secondary N) is 3. The zero-order valence-electron chi connectivity index (χ0n) is 21.0. The van der Waals surface area contributed by atoms with E-state index in [2.05, 4.69) is 21.2 Å². The van der Waals surface area contributed by atoms with Gasteiger partial charge in [-0.1, -0.05) is 0 Å². The standard InChI is InChI=1S/C26H32N4O7/c1-3-34-20-10-8-19(9-11-20)29-24(31)17-37-22-12-7-18(14-23(22)35-4-2)15-28-30-26(33)25(32)27-16-21-6-5-13-36-21/h7-12,14-15,21H,3-6,13,16-17H2,1-2H3,(H,27,32)(H,29,31)(H,30,33)/b28-15-/t21-/m1/s1. The monoisotopic (exact) mass is 512 g/mol. The van der Waals surface area contributed by atoms with Crippen LogP contribution in [0.5, 0.6) is 17.2 Å². The van der Waals surface area contributed by atoms with Gasteiger partial charge in [-0.15, -0.1) is 0 Å². The van der Waals surface area contributed by atoms with Crippen molar-refractivity contribution in [1.29, 1.82) is 0 Å². The number of amides is 3. The Hall–Kier alpha value is -4.12. The van der Waals surface area contributed by atoms with Crippen molar-refractivity contribution in [2.75, 3.05) is 38.3 Å². The molecule has 0 bridgehead atoms. The van der Waals surface area contributed by atoms with E-state index < -0.39 is 11.8 Å². The Morgan fingerprint density at radius 1 is 1.00 bits per heavy atom. The van der Waals surface area contributed by atoms with E-state index in [1.165, 1.54) is 6.21 Å². The molecule has 0 radical (unpaired) electrons. The van der Waals surface area contributed by atoms with Gasteiger partial charge in [0, 0.05) is 18.8 Å². The Balaban J connectivity index is 1.49. The van der Waals surface area contributed by atoms with Crippen molar-refractivity contribution in [2.24, 2.45) is 5.10 Å². The van der Waals surface area contributed by atoms with Crippen molar-refractivity contribution >= 4 is 29.6 Å². The van der Waals surface area contributed by atoms with Crippen LogP contribution in [0.4, 0.5) is 5.69 Å². The molecule has 1 fully saturated rings. The van der Waals surface area contributed by atoms with Crippen molar-refractivity contribution in [3.63, 3.8) is 0 Å². The van der Waals surface area contributed by atoms with Gasteiger partial charge in [0.15, 0.2) is 18.1 Å². The van der Waals surface area contributed by atoms with Crippen LogP contribution >= 0.6 is 0 Å². The summed E-state index contributed by atoms with van der Waals surface area (Å²) in [6, 6.07) is 12.0. The lowest BCUT2D eigenvalue weighted by molar-refractivity contribution is -0.139. The van der Waals surface area contributed by atoms with E-state index in [9.17, 15) is 14.4 Å². The number of hydrogen-bond acceptors (Lipinski definition) is 8. The fourth-order valence-corrected chi connectivity index (χ4v) is 3.44. The quantitative estimate of drug-likeness (QED) is 0.225. The smallest absolute Gasteiger partial charge is 0.329 e. The molecule has 0 spiro atoms. The molecule has 37 heavy (non-hydrogen) atoms. The van der Waals surface area contributed by atoms with E-state index in [-0.39, 0.29) is 25.2 Å². The molecule has 1 saturated heterocycles. The van der Waals surface area contributed by atoms with Gasteiger partial charge in [-0.2, -0.15) is 5.10 Å². The first-order valence-corrected chi connectivity index (χ1v) is 12.1. The van der Waals surface area contributed by atoms with Crippen molar-refractivity contribution in [1.82, 2.24) is 10.7 Å². The molecular formula is C26H32N4O7. The number of benzene rings is 2. The maximum atomic E-state index is 12.3. The first kappa shape index (κ1) is 27.5. The molecule has 1 heterocycles. The number of anilines is 1. The van der Waals surface area contributed by atoms with Crippen molar-refractivity contribution in [2.45, 2.75) is 32.8 Å². The van der Waals surface area contributed by atoms with Gasteiger partial charge >= 0.3 is 11.8 Å². The van der Waals surface area contributed by atoms with E-state index in [0.29, 0.717) is 42.6 Å². The summed E-state index contributed by atoms with van der Waals surface area (Å²) in [6.07, 6.45) is 3.11. The summed E-state index contributed by atoms with van der Waals surface area (Å²) in [5.74, 6) is -0.497. The van der Waals surface area contributed by atoms with Crippen LogP contribution in [0.15, 0.2) is 47.6 Å². The SMILES string of the molecule is CCOc1ccc(NC(=O)COc2ccc(/C=N\NC(=O)C(=O)NC[C@H]3CCCO3)cc2OCC)cc1. The van der Waals surface area contributed by atoms with Gasteiger partial charge in [0.2, 0.25) is 0 Å². The van der Waals surface area contributed by atoms with Crippen LogP contribution in [0.1, 0.15) is 32.3 Å². The summed E-state index contributed by atoms with van der Waals surface area (Å²) in [7, 11) is 0. The number of hydrazone groups is 1. The Morgan fingerprint density at radius 2 is 1.78 bits per heavy atom. The van der Waals surface area contributed by atoms with Gasteiger partial charge in [0.1, 0.15) is 5.75 Å². The number of carbonyl (C=O) groups excluding carboxylic acids is 3. The summed E-state index contributed by atoms with van der Waals surface area (Å²) in [5.41, 5.74) is 3.40. The van der Waals surface area contributed by atoms with Crippen LogP contribution < -0.4 is 30.3 Å². The Kier molecular flexibility index (Phi) is 10.7. The highest BCUT2D eigenvalue weighted by molar-refractivity contribution is 6.35. The summed E-state index contributed by atoms with van der Waals surface area (Å²) >= 11 is 0. The van der Waals surface area contributed by atoms with Gasteiger partial charge in [-0.25, -0.2) is 5.43 Å². The van der Waals surface area contributed by atoms with Crippen LogP contribution in [0.3, 0.4) is 0 Å². The molecule has 1 aliphatic rings. The van der Waals surface area contributed by atoms with E-state index in [1.807, 2.05) is 13.8 Å². The largest absolute Gasteiger partial charge is 0.494 e. The number of hydrogen-bond donors (Lipinski definition) is 3. The molecule has 0 aliphatic carbocycles. The summed E-state index contributed by atoms with van der Waals surface area (Å²) in [5, 5.41) is 9.11. The second-order valence-corrected chi connectivity index (χ2v) is 7.98. The molecule has 3 N–H and O–H groups in total. The maximum absolute atomic E-state index is 12.3.